The Hall–Kier alpha value is -1.47. The molecule has 3 nitrogen and oxygen atoms in total. The van der Waals surface area contributed by atoms with Crippen molar-refractivity contribution >= 4 is 56.5 Å². The summed E-state index contributed by atoms with van der Waals surface area (Å²) in [5, 5.41) is 0. The first kappa shape index (κ1) is 14.5. The molecule has 0 aliphatic carbocycles. The summed E-state index contributed by atoms with van der Waals surface area (Å²) in [6, 6.07) is 15.3. The number of esters is 1. The summed E-state index contributed by atoms with van der Waals surface area (Å²) >= 11 is 5.66. The maximum Gasteiger partial charge on any atom is 0.363 e. The highest BCUT2D eigenvalue weighted by molar-refractivity contribution is 14.1. The molecular formula is C16H9BrINO2. The van der Waals surface area contributed by atoms with Crippen molar-refractivity contribution in [3.63, 3.8) is 0 Å². The van der Waals surface area contributed by atoms with Gasteiger partial charge in [0.15, 0.2) is 5.70 Å². The molecular weight excluding hydrogens is 445 g/mol. The van der Waals surface area contributed by atoms with E-state index in [1.807, 2.05) is 48.5 Å². The topological polar surface area (TPSA) is 38.7 Å². The van der Waals surface area contributed by atoms with Gasteiger partial charge in [-0.1, -0.05) is 30.3 Å². The molecule has 0 N–H and O–H groups in total. The fourth-order valence-electron chi connectivity index (χ4n) is 1.90. The van der Waals surface area contributed by atoms with Crippen LogP contribution in [0.3, 0.4) is 0 Å². The van der Waals surface area contributed by atoms with Crippen molar-refractivity contribution in [2.45, 2.75) is 0 Å². The lowest BCUT2D eigenvalue weighted by Crippen LogP contribution is -2.05. The molecule has 2 aromatic carbocycles. The molecule has 104 valence electrons. The van der Waals surface area contributed by atoms with Gasteiger partial charge < -0.3 is 4.74 Å². The predicted octanol–water partition coefficient (Wildman–Crippen LogP) is 4.40. The molecule has 0 fully saturated rings. The van der Waals surface area contributed by atoms with Gasteiger partial charge in [0.1, 0.15) is 0 Å². The smallest absolute Gasteiger partial charge is 0.363 e. The van der Waals surface area contributed by atoms with Gasteiger partial charge >= 0.3 is 5.97 Å². The van der Waals surface area contributed by atoms with Crippen LogP contribution in [0.15, 0.2) is 63.7 Å². The van der Waals surface area contributed by atoms with Gasteiger partial charge in [-0.2, -0.15) is 0 Å². The average Bonchev–Trinajstić information content (AvgIpc) is 2.83. The molecule has 0 amide bonds. The van der Waals surface area contributed by atoms with Crippen molar-refractivity contribution in [1.82, 2.24) is 0 Å². The van der Waals surface area contributed by atoms with Crippen LogP contribution < -0.4 is 0 Å². The fourth-order valence-corrected chi connectivity index (χ4v) is 2.90. The Morgan fingerprint density at radius 3 is 2.57 bits per heavy atom. The lowest BCUT2D eigenvalue weighted by Gasteiger charge is -2.01. The zero-order valence-electron chi connectivity index (χ0n) is 10.7. The minimum absolute atomic E-state index is 0.310. The van der Waals surface area contributed by atoms with Gasteiger partial charge in [0, 0.05) is 8.04 Å². The number of ether oxygens (including phenoxy) is 1. The van der Waals surface area contributed by atoms with Gasteiger partial charge in [0.05, 0.1) is 5.56 Å². The highest BCUT2D eigenvalue weighted by Gasteiger charge is 2.25. The van der Waals surface area contributed by atoms with Crippen LogP contribution in [0.2, 0.25) is 0 Å². The molecule has 1 aliphatic heterocycles. The molecule has 1 heterocycles. The monoisotopic (exact) mass is 453 g/mol. The summed E-state index contributed by atoms with van der Waals surface area (Å²) in [5.41, 5.74) is 2.02. The molecule has 0 saturated heterocycles. The molecule has 2 aromatic rings. The maximum absolute atomic E-state index is 12.0. The molecule has 0 unspecified atom stereocenters. The zero-order chi connectivity index (χ0) is 14.8. The molecule has 21 heavy (non-hydrogen) atoms. The number of hydrogen-bond acceptors (Lipinski definition) is 3. The van der Waals surface area contributed by atoms with E-state index in [1.165, 1.54) is 0 Å². The number of benzene rings is 2. The van der Waals surface area contributed by atoms with Crippen LogP contribution in [-0.4, -0.2) is 11.9 Å². The van der Waals surface area contributed by atoms with Crippen molar-refractivity contribution in [3.05, 3.63) is 73.4 Å². The number of cyclic esters (lactones) is 1. The van der Waals surface area contributed by atoms with Crippen LogP contribution >= 0.6 is 38.5 Å². The first-order chi connectivity index (χ1) is 10.1. The third kappa shape index (κ3) is 3.08. The van der Waals surface area contributed by atoms with Crippen LogP contribution in [0.5, 0.6) is 0 Å². The van der Waals surface area contributed by atoms with Crippen molar-refractivity contribution < 1.29 is 9.53 Å². The summed E-state index contributed by atoms with van der Waals surface area (Å²) in [7, 11) is 0. The second kappa shape index (κ2) is 6.11. The lowest BCUT2D eigenvalue weighted by molar-refractivity contribution is -0.129. The molecule has 0 atom stereocenters. The number of carbonyl (C=O) groups is 1. The highest BCUT2D eigenvalue weighted by atomic mass is 127. The van der Waals surface area contributed by atoms with Crippen molar-refractivity contribution in [1.29, 1.82) is 0 Å². The van der Waals surface area contributed by atoms with Crippen LogP contribution in [0, 0.1) is 3.57 Å². The Morgan fingerprint density at radius 2 is 1.81 bits per heavy atom. The lowest BCUT2D eigenvalue weighted by atomic mass is 10.2. The summed E-state index contributed by atoms with van der Waals surface area (Å²) in [4.78, 5) is 16.3. The molecule has 0 radical (unpaired) electrons. The second-order valence-corrected chi connectivity index (χ2v) is 6.35. The van der Waals surface area contributed by atoms with Crippen LogP contribution in [-0.2, 0) is 9.53 Å². The molecule has 5 heteroatoms. The number of hydrogen-bond donors (Lipinski definition) is 0. The Kier molecular flexibility index (Phi) is 4.21. The summed E-state index contributed by atoms with van der Waals surface area (Å²) < 4.78 is 7.16. The van der Waals surface area contributed by atoms with E-state index in [-0.39, 0.29) is 0 Å². The standard InChI is InChI=1S/C16H9BrINO2/c17-12-7-3-2-6-11(12)15-19-14(16(20)21-15)9-10-5-1-4-8-13(10)18/h1-9H/b14-9-. The fraction of sp³-hybridized carbons (Fsp3) is 0. The largest absolute Gasteiger partial charge is 0.402 e. The van der Waals surface area contributed by atoms with Gasteiger partial charge in [-0.15, -0.1) is 0 Å². The molecule has 0 aromatic heterocycles. The second-order valence-electron chi connectivity index (χ2n) is 4.34. The van der Waals surface area contributed by atoms with E-state index >= 15 is 0 Å². The van der Waals surface area contributed by atoms with E-state index in [9.17, 15) is 4.79 Å². The number of aliphatic imine (C=N–C) groups is 1. The van der Waals surface area contributed by atoms with E-state index < -0.39 is 5.97 Å². The Balaban J connectivity index is 2.00. The molecule has 0 spiro atoms. The van der Waals surface area contributed by atoms with Crippen molar-refractivity contribution in [2.75, 3.05) is 0 Å². The van der Waals surface area contributed by atoms with Gasteiger partial charge in [0.2, 0.25) is 5.90 Å². The molecule has 1 aliphatic rings. The minimum Gasteiger partial charge on any atom is -0.402 e. The van der Waals surface area contributed by atoms with Gasteiger partial charge in [-0.3, -0.25) is 0 Å². The summed E-state index contributed by atoms with van der Waals surface area (Å²) in [5.74, 6) is -0.106. The van der Waals surface area contributed by atoms with Crippen molar-refractivity contribution in [2.24, 2.45) is 4.99 Å². The Bertz CT molecular complexity index is 783. The average molecular weight is 454 g/mol. The highest BCUT2D eigenvalue weighted by Crippen LogP contribution is 2.24. The first-order valence-corrected chi connectivity index (χ1v) is 8.04. The minimum atomic E-state index is -0.430. The number of carbonyl (C=O) groups excluding carboxylic acids is 1. The Labute approximate surface area is 144 Å². The van der Waals surface area contributed by atoms with Crippen LogP contribution in [0.25, 0.3) is 6.08 Å². The normalized spacial score (nSPS) is 16.0. The predicted molar refractivity (Wildman–Crippen MR) is 93.9 cm³/mol. The Morgan fingerprint density at radius 1 is 1.10 bits per heavy atom. The first-order valence-electron chi connectivity index (χ1n) is 6.17. The maximum atomic E-state index is 12.0. The molecule has 0 bridgehead atoms. The summed E-state index contributed by atoms with van der Waals surface area (Å²) in [6.45, 7) is 0. The van der Waals surface area contributed by atoms with E-state index in [0.29, 0.717) is 11.6 Å². The quantitative estimate of drug-likeness (QED) is 0.384. The number of halogens is 2. The third-order valence-corrected chi connectivity index (χ3v) is 4.60. The summed E-state index contributed by atoms with van der Waals surface area (Å²) in [6.07, 6.45) is 1.74. The molecule has 0 saturated carbocycles. The molecule has 3 rings (SSSR count). The number of rotatable bonds is 2. The van der Waals surface area contributed by atoms with Gasteiger partial charge in [0.25, 0.3) is 0 Å². The zero-order valence-corrected chi connectivity index (χ0v) is 14.5. The van der Waals surface area contributed by atoms with Crippen LogP contribution in [0.1, 0.15) is 11.1 Å². The van der Waals surface area contributed by atoms with Crippen LogP contribution in [0.4, 0.5) is 0 Å². The van der Waals surface area contributed by atoms with Gasteiger partial charge in [-0.25, -0.2) is 9.79 Å². The third-order valence-electron chi connectivity index (χ3n) is 2.92. The van der Waals surface area contributed by atoms with E-state index in [4.69, 9.17) is 4.74 Å². The number of nitrogens with zero attached hydrogens (tertiary/aromatic N) is 1. The van der Waals surface area contributed by atoms with Crippen molar-refractivity contribution in [3.8, 4) is 0 Å². The van der Waals surface area contributed by atoms with Gasteiger partial charge in [-0.05, 0) is 68.4 Å². The van der Waals surface area contributed by atoms with E-state index in [0.717, 1.165) is 19.2 Å². The SMILES string of the molecule is O=C1OC(c2ccccc2Br)=N/C1=C\c1ccccc1I. The van der Waals surface area contributed by atoms with E-state index in [2.05, 4.69) is 43.5 Å². The van der Waals surface area contributed by atoms with E-state index in [1.54, 1.807) is 6.08 Å².